The summed E-state index contributed by atoms with van der Waals surface area (Å²) in [6.07, 6.45) is 1.61. The van der Waals surface area contributed by atoms with Gasteiger partial charge in [0.05, 0.1) is 0 Å². The smallest absolute Gasteiger partial charge is 0.326 e. The van der Waals surface area contributed by atoms with E-state index in [1.165, 1.54) is 0 Å². The molecule has 0 saturated carbocycles. The maximum atomic E-state index is 11.8. The minimum absolute atomic E-state index is 0.0795. The zero-order valence-corrected chi connectivity index (χ0v) is 13.3. The highest BCUT2D eigenvalue weighted by atomic mass is 79.9. The van der Waals surface area contributed by atoms with Gasteiger partial charge in [0.2, 0.25) is 5.91 Å². The predicted octanol–water partition coefficient (Wildman–Crippen LogP) is 3.00. The predicted molar refractivity (Wildman–Crippen MR) is 81.5 cm³/mol. The van der Waals surface area contributed by atoms with Gasteiger partial charge in [-0.1, -0.05) is 48.3 Å². The number of aryl methyl sites for hydroxylation is 1. The molecule has 0 aliphatic carbocycles. The first-order chi connectivity index (χ1) is 9.43. The average molecular weight is 342 g/mol. The zero-order chi connectivity index (χ0) is 15.1. The third kappa shape index (κ3) is 5.33. The molecule has 0 heterocycles. The number of carboxylic acid groups (broad SMARTS) is 1. The summed E-state index contributed by atoms with van der Waals surface area (Å²) in [5, 5.41) is 11.7. The van der Waals surface area contributed by atoms with Crippen LogP contribution in [0.3, 0.4) is 0 Å². The molecule has 0 radical (unpaired) electrons. The zero-order valence-electron chi connectivity index (χ0n) is 11.7. The summed E-state index contributed by atoms with van der Waals surface area (Å²) < 4.78 is 0.994. The molecule has 0 aliphatic heterocycles. The third-order valence-corrected chi connectivity index (χ3v) is 3.88. The van der Waals surface area contributed by atoms with Crippen molar-refractivity contribution in [3.63, 3.8) is 0 Å². The number of halogens is 1. The lowest BCUT2D eigenvalue weighted by atomic mass is 9.99. The maximum Gasteiger partial charge on any atom is 0.326 e. The number of hydrogen-bond donors (Lipinski definition) is 2. The standard InChI is InChI=1S/C15H20BrNO3/c1-3-10(2)14(15(19)20)17-13(18)9-6-11-4-7-12(16)8-5-11/h4-5,7-8,10,14H,3,6,9H2,1-2H3,(H,17,18)(H,19,20). The second kappa shape index (κ2) is 8.04. The van der Waals surface area contributed by atoms with Gasteiger partial charge in [0.25, 0.3) is 0 Å². The first-order valence-electron chi connectivity index (χ1n) is 6.70. The number of aliphatic carboxylic acids is 1. The minimum Gasteiger partial charge on any atom is -0.480 e. The quantitative estimate of drug-likeness (QED) is 0.801. The number of carbonyl (C=O) groups excluding carboxylic acids is 1. The van der Waals surface area contributed by atoms with Crippen molar-refractivity contribution in [1.82, 2.24) is 5.32 Å². The molecule has 1 rings (SSSR count). The monoisotopic (exact) mass is 341 g/mol. The van der Waals surface area contributed by atoms with Gasteiger partial charge in [0, 0.05) is 10.9 Å². The van der Waals surface area contributed by atoms with Crippen LogP contribution in [-0.2, 0) is 16.0 Å². The van der Waals surface area contributed by atoms with Crippen molar-refractivity contribution in [2.45, 2.75) is 39.2 Å². The van der Waals surface area contributed by atoms with Crippen molar-refractivity contribution < 1.29 is 14.7 Å². The molecule has 0 bridgehead atoms. The van der Waals surface area contributed by atoms with E-state index in [0.717, 1.165) is 10.0 Å². The summed E-state index contributed by atoms with van der Waals surface area (Å²) in [4.78, 5) is 23.0. The Morgan fingerprint density at radius 3 is 2.40 bits per heavy atom. The number of hydrogen-bond acceptors (Lipinski definition) is 2. The number of benzene rings is 1. The summed E-state index contributed by atoms with van der Waals surface area (Å²) in [5.41, 5.74) is 1.05. The Morgan fingerprint density at radius 1 is 1.30 bits per heavy atom. The lowest BCUT2D eigenvalue weighted by Gasteiger charge is -2.20. The van der Waals surface area contributed by atoms with E-state index in [1.807, 2.05) is 38.1 Å². The Morgan fingerprint density at radius 2 is 1.90 bits per heavy atom. The highest BCUT2D eigenvalue weighted by Crippen LogP contribution is 2.12. The molecule has 0 spiro atoms. The Bertz CT molecular complexity index is 459. The first-order valence-corrected chi connectivity index (χ1v) is 7.50. The van der Waals surface area contributed by atoms with E-state index in [1.54, 1.807) is 0 Å². The van der Waals surface area contributed by atoms with E-state index in [-0.39, 0.29) is 11.8 Å². The Labute approximate surface area is 127 Å². The molecule has 0 aliphatic rings. The summed E-state index contributed by atoms with van der Waals surface area (Å²) in [6.45, 7) is 3.74. The van der Waals surface area contributed by atoms with Gasteiger partial charge in [-0.15, -0.1) is 0 Å². The second-order valence-electron chi connectivity index (χ2n) is 4.90. The van der Waals surface area contributed by atoms with Crippen LogP contribution in [0.4, 0.5) is 0 Å². The molecule has 1 amide bonds. The van der Waals surface area contributed by atoms with Crippen LogP contribution in [0.15, 0.2) is 28.7 Å². The minimum atomic E-state index is -0.976. The second-order valence-corrected chi connectivity index (χ2v) is 5.81. The Kier molecular flexibility index (Phi) is 6.71. The molecule has 0 saturated heterocycles. The van der Waals surface area contributed by atoms with Crippen LogP contribution in [-0.4, -0.2) is 23.0 Å². The van der Waals surface area contributed by atoms with Gasteiger partial charge in [-0.25, -0.2) is 4.79 Å². The molecule has 2 N–H and O–H groups in total. The van der Waals surface area contributed by atoms with Crippen molar-refractivity contribution in [2.24, 2.45) is 5.92 Å². The van der Waals surface area contributed by atoms with Crippen molar-refractivity contribution >= 4 is 27.8 Å². The number of carbonyl (C=O) groups is 2. The Balaban J connectivity index is 2.49. The number of rotatable bonds is 7. The van der Waals surface area contributed by atoms with Gasteiger partial charge < -0.3 is 10.4 Å². The first kappa shape index (κ1) is 16.7. The fourth-order valence-corrected chi connectivity index (χ4v) is 2.10. The molecule has 2 atom stereocenters. The van der Waals surface area contributed by atoms with Crippen LogP contribution in [0.5, 0.6) is 0 Å². The van der Waals surface area contributed by atoms with E-state index in [9.17, 15) is 9.59 Å². The molecule has 0 aromatic heterocycles. The summed E-state index contributed by atoms with van der Waals surface area (Å²) in [7, 11) is 0. The lowest BCUT2D eigenvalue weighted by Crippen LogP contribution is -2.45. The fourth-order valence-electron chi connectivity index (χ4n) is 1.84. The highest BCUT2D eigenvalue weighted by Gasteiger charge is 2.24. The van der Waals surface area contributed by atoms with E-state index in [2.05, 4.69) is 21.2 Å². The van der Waals surface area contributed by atoms with Crippen LogP contribution < -0.4 is 5.32 Å². The molecule has 2 unspecified atom stereocenters. The number of nitrogens with one attached hydrogen (secondary N) is 1. The molecule has 1 aromatic rings. The molecule has 110 valence electrons. The maximum absolute atomic E-state index is 11.8. The number of carboxylic acids is 1. The molecule has 5 heteroatoms. The van der Waals surface area contributed by atoms with E-state index in [0.29, 0.717) is 19.3 Å². The highest BCUT2D eigenvalue weighted by molar-refractivity contribution is 9.10. The van der Waals surface area contributed by atoms with Crippen molar-refractivity contribution in [1.29, 1.82) is 0 Å². The van der Waals surface area contributed by atoms with Gasteiger partial charge in [0.1, 0.15) is 6.04 Å². The van der Waals surface area contributed by atoms with Crippen molar-refractivity contribution in [3.05, 3.63) is 34.3 Å². The van der Waals surface area contributed by atoms with Gasteiger partial charge in [-0.05, 0) is 30.0 Å². The van der Waals surface area contributed by atoms with E-state index < -0.39 is 12.0 Å². The third-order valence-electron chi connectivity index (χ3n) is 3.35. The van der Waals surface area contributed by atoms with E-state index >= 15 is 0 Å². The molecule has 20 heavy (non-hydrogen) atoms. The summed E-state index contributed by atoms with van der Waals surface area (Å²) >= 11 is 3.35. The normalized spacial score (nSPS) is 13.6. The summed E-state index contributed by atoms with van der Waals surface area (Å²) in [5.74, 6) is -1.28. The topological polar surface area (TPSA) is 66.4 Å². The average Bonchev–Trinajstić information content (AvgIpc) is 2.43. The van der Waals surface area contributed by atoms with Crippen LogP contribution in [0.25, 0.3) is 0 Å². The lowest BCUT2D eigenvalue weighted by molar-refractivity contribution is -0.143. The van der Waals surface area contributed by atoms with Crippen LogP contribution >= 0.6 is 15.9 Å². The van der Waals surface area contributed by atoms with Crippen molar-refractivity contribution in [3.8, 4) is 0 Å². The molecule has 4 nitrogen and oxygen atoms in total. The summed E-state index contributed by atoms with van der Waals surface area (Å²) in [6, 6.07) is 6.93. The number of amides is 1. The van der Waals surface area contributed by atoms with Gasteiger partial charge in [0.15, 0.2) is 0 Å². The van der Waals surface area contributed by atoms with E-state index in [4.69, 9.17) is 5.11 Å². The van der Waals surface area contributed by atoms with Crippen LogP contribution in [0, 0.1) is 5.92 Å². The Hall–Kier alpha value is -1.36. The molecule has 0 fully saturated rings. The van der Waals surface area contributed by atoms with Gasteiger partial charge >= 0.3 is 5.97 Å². The molecule has 1 aromatic carbocycles. The largest absolute Gasteiger partial charge is 0.480 e. The molecular weight excluding hydrogens is 322 g/mol. The van der Waals surface area contributed by atoms with Gasteiger partial charge in [-0.3, -0.25) is 4.79 Å². The fraction of sp³-hybridized carbons (Fsp3) is 0.467. The molecular formula is C15H20BrNO3. The SMILES string of the molecule is CCC(C)C(NC(=O)CCc1ccc(Br)cc1)C(=O)O. The van der Waals surface area contributed by atoms with Gasteiger partial charge in [-0.2, -0.15) is 0 Å². The van der Waals surface area contributed by atoms with Crippen LogP contribution in [0.2, 0.25) is 0 Å². The van der Waals surface area contributed by atoms with Crippen molar-refractivity contribution in [2.75, 3.05) is 0 Å². The van der Waals surface area contributed by atoms with Crippen LogP contribution in [0.1, 0.15) is 32.3 Å².